The fourth-order valence-electron chi connectivity index (χ4n) is 4.10. The first-order valence-corrected chi connectivity index (χ1v) is 12.8. The summed E-state index contributed by atoms with van der Waals surface area (Å²) < 4.78 is 6.05. The number of phenolic OH excluding ortho intramolecular Hbond substituents is 1. The first-order chi connectivity index (χ1) is 18.9. The van der Waals surface area contributed by atoms with E-state index in [0.29, 0.717) is 47.3 Å². The van der Waals surface area contributed by atoms with E-state index in [-0.39, 0.29) is 17.6 Å². The monoisotopic (exact) mass is 539 g/mol. The molecular formula is C31H26ClN3O4. The maximum absolute atomic E-state index is 13.1. The maximum atomic E-state index is 13.1. The SMILES string of the molecule is O=C(NCc1ccc(Cl)cc1)c1ccc(NC(=O)c2cc3ccccc3[nH]2)c(OCCc2ccc(O)cc2)c1. The average Bonchev–Trinajstić information content (AvgIpc) is 3.39. The van der Waals surface area contributed by atoms with Crippen molar-refractivity contribution in [3.8, 4) is 11.5 Å². The normalized spacial score (nSPS) is 10.8. The molecule has 5 rings (SSSR count). The summed E-state index contributed by atoms with van der Waals surface area (Å²) in [6, 6.07) is 28.5. The predicted molar refractivity (Wildman–Crippen MR) is 153 cm³/mol. The Kier molecular flexibility index (Phi) is 7.80. The summed E-state index contributed by atoms with van der Waals surface area (Å²) in [5.74, 6) is -0.0345. The number of H-pyrrole nitrogens is 1. The van der Waals surface area contributed by atoms with E-state index in [1.54, 1.807) is 48.5 Å². The van der Waals surface area contributed by atoms with Gasteiger partial charge in [-0.2, -0.15) is 0 Å². The van der Waals surface area contributed by atoms with Crippen molar-refractivity contribution in [3.63, 3.8) is 0 Å². The zero-order chi connectivity index (χ0) is 27.2. The predicted octanol–water partition coefficient (Wildman–Crippen LogP) is 6.33. The van der Waals surface area contributed by atoms with Gasteiger partial charge in [-0.1, -0.05) is 54.1 Å². The zero-order valence-electron chi connectivity index (χ0n) is 20.9. The Hall–Kier alpha value is -4.75. The van der Waals surface area contributed by atoms with Gasteiger partial charge in [-0.25, -0.2) is 0 Å². The number of benzene rings is 4. The molecule has 196 valence electrons. The van der Waals surface area contributed by atoms with Crippen molar-refractivity contribution in [1.82, 2.24) is 10.3 Å². The zero-order valence-corrected chi connectivity index (χ0v) is 21.7. The lowest BCUT2D eigenvalue weighted by molar-refractivity contribution is 0.0950. The second-order valence-electron chi connectivity index (χ2n) is 9.01. The molecule has 1 heterocycles. The van der Waals surface area contributed by atoms with Crippen LogP contribution in [0.5, 0.6) is 11.5 Å². The second kappa shape index (κ2) is 11.8. The van der Waals surface area contributed by atoms with Gasteiger partial charge < -0.3 is 25.5 Å². The highest BCUT2D eigenvalue weighted by Gasteiger charge is 2.16. The summed E-state index contributed by atoms with van der Waals surface area (Å²) in [6.07, 6.45) is 0.572. The second-order valence-corrected chi connectivity index (χ2v) is 9.45. The summed E-state index contributed by atoms with van der Waals surface area (Å²) in [7, 11) is 0. The first kappa shape index (κ1) is 25.9. The molecule has 0 saturated heterocycles. The van der Waals surface area contributed by atoms with E-state index >= 15 is 0 Å². The summed E-state index contributed by atoms with van der Waals surface area (Å²) in [4.78, 5) is 29.1. The van der Waals surface area contributed by atoms with Crippen molar-refractivity contribution in [2.24, 2.45) is 0 Å². The van der Waals surface area contributed by atoms with Crippen LogP contribution in [0.25, 0.3) is 10.9 Å². The van der Waals surface area contributed by atoms with Gasteiger partial charge in [-0.15, -0.1) is 0 Å². The highest BCUT2D eigenvalue weighted by molar-refractivity contribution is 6.30. The molecule has 0 spiro atoms. The van der Waals surface area contributed by atoms with E-state index in [1.807, 2.05) is 48.5 Å². The molecular weight excluding hydrogens is 514 g/mol. The van der Waals surface area contributed by atoms with E-state index in [0.717, 1.165) is 22.0 Å². The molecule has 5 aromatic rings. The third-order valence-corrected chi connectivity index (χ3v) is 6.47. The highest BCUT2D eigenvalue weighted by atomic mass is 35.5. The number of ether oxygens (including phenoxy) is 1. The molecule has 4 N–H and O–H groups in total. The van der Waals surface area contributed by atoms with E-state index in [4.69, 9.17) is 16.3 Å². The van der Waals surface area contributed by atoms with Gasteiger partial charge in [-0.3, -0.25) is 9.59 Å². The molecule has 0 aliphatic carbocycles. The van der Waals surface area contributed by atoms with Crippen molar-refractivity contribution in [3.05, 3.63) is 124 Å². The largest absolute Gasteiger partial charge is 0.508 e. The quantitative estimate of drug-likeness (QED) is 0.176. The van der Waals surface area contributed by atoms with Crippen molar-refractivity contribution < 1.29 is 19.4 Å². The van der Waals surface area contributed by atoms with Gasteiger partial charge in [-0.05, 0) is 65.7 Å². The molecule has 0 aliphatic heterocycles. The van der Waals surface area contributed by atoms with E-state index in [9.17, 15) is 14.7 Å². The Bertz CT molecular complexity index is 1580. The van der Waals surface area contributed by atoms with E-state index in [2.05, 4.69) is 15.6 Å². The summed E-state index contributed by atoms with van der Waals surface area (Å²) in [5, 5.41) is 16.9. The average molecular weight is 540 g/mol. The molecule has 2 amide bonds. The number of nitrogens with one attached hydrogen (secondary N) is 3. The summed E-state index contributed by atoms with van der Waals surface area (Å²) in [6.45, 7) is 0.641. The minimum Gasteiger partial charge on any atom is -0.508 e. The topological polar surface area (TPSA) is 103 Å². The van der Waals surface area contributed by atoms with Crippen LogP contribution in [0.4, 0.5) is 5.69 Å². The number of amides is 2. The van der Waals surface area contributed by atoms with Crippen LogP contribution < -0.4 is 15.4 Å². The third kappa shape index (κ3) is 6.58. The van der Waals surface area contributed by atoms with Crippen molar-refractivity contribution in [1.29, 1.82) is 0 Å². The van der Waals surface area contributed by atoms with Crippen LogP contribution in [0.3, 0.4) is 0 Å². The molecule has 0 bridgehead atoms. The molecule has 0 radical (unpaired) electrons. The van der Waals surface area contributed by atoms with Gasteiger partial charge in [0, 0.05) is 34.5 Å². The van der Waals surface area contributed by atoms with Crippen LogP contribution in [0, 0.1) is 0 Å². The molecule has 0 atom stereocenters. The van der Waals surface area contributed by atoms with Gasteiger partial charge in [0.05, 0.1) is 12.3 Å². The van der Waals surface area contributed by atoms with Crippen LogP contribution in [0.15, 0.2) is 97.1 Å². The van der Waals surface area contributed by atoms with Gasteiger partial charge in [0.15, 0.2) is 0 Å². The van der Waals surface area contributed by atoms with Crippen LogP contribution in [0.2, 0.25) is 5.02 Å². The molecule has 0 aliphatic rings. The Morgan fingerprint density at radius 3 is 2.36 bits per heavy atom. The maximum Gasteiger partial charge on any atom is 0.272 e. The lowest BCUT2D eigenvalue weighted by atomic mass is 10.1. The number of aromatic hydroxyl groups is 1. The smallest absolute Gasteiger partial charge is 0.272 e. The van der Waals surface area contributed by atoms with Gasteiger partial charge in [0.2, 0.25) is 0 Å². The van der Waals surface area contributed by atoms with Crippen LogP contribution >= 0.6 is 11.6 Å². The molecule has 0 unspecified atom stereocenters. The molecule has 7 nitrogen and oxygen atoms in total. The van der Waals surface area contributed by atoms with Crippen molar-refractivity contribution >= 4 is 40.0 Å². The van der Waals surface area contributed by atoms with Crippen molar-refractivity contribution in [2.45, 2.75) is 13.0 Å². The number of aromatic amines is 1. The fraction of sp³-hybridized carbons (Fsp3) is 0.0968. The summed E-state index contributed by atoms with van der Waals surface area (Å²) >= 11 is 5.94. The first-order valence-electron chi connectivity index (χ1n) is 12.4. The van der Waals surface area contributed by atoms with E-state index in [1.165, 1.54) is 0 Å². The Morgan fingerprint density at radius 2 is 1.59 bits per heavy atom. The van der Waals surface area contributed by atoms with Crippen LogP contribution in [-0.4, -0.2) is 28.5 Å². The number of para-hydroxylation sites is 1. The number of fused-ring (bicyclic) bond motifs is 1. The number of anilines is 1. The fourth-order valence-corrected chi connectivity index (χ4v) is 4.23. The number of phenols is 1. The van der Waals surface area contributed by atoms with Gasteiger partial charge >= 0.3 is 0 Å². The standard InChI is InChI=1S/C31H26ClN3O4/c32-24-10-5-21(6-11-24)19-33-30(37)23-9-14-27(29(18-23)39-16-15-20-7-12-25(36)13-8-20)35-31(38)28-17-22-3-1-2-4-26(22)34-28/h1-14,17-18,34,36H,15-16,19H2,(H,33,37)(H,35,38). The number of aromatic nitrogens is 1. The van der Waals surface area contributed by atoms with Crippen molar-refractivity contribution in [2.75, 3.05) is 11.9 Å². The molecule has 4 aromatic carbocycles. The van der Waals surface area contributed by atoms with E-state index < -0.39 is 0 Å². The summed E-state index contributed by atoms with van der Waals surface area (Å²) in [5.41, 5.74) is 4.01. The minimum absolute atomic E-state index is 0.193. The van der Waals surface area contributed by atoms with Gasteiger partial charge in [0.25, 0.3) is 11.8 Å². The Labute approximate surface area is 230 Å². The van der Waals surface area contributed by atoms with Crippen LogP contribution in [-0.2, 0) is 13.0 Å². The molecule has 0 saturated carbocycles. The Balaban J connectivity index is 1.33. The molecule has 8 heteroatoms. The highest BCUT2D eigenvalue weighted by Crippen LogP contribution is 2.28. The number of halogens is 1. The Morgan fingerprint density at radius 1 is 0.846 bits per heavy atom. The molecule has 39 heavy (non-hydrogen) atoms. The molecule has 0 fully saturated rings. The van der Waals surface area contributed by atoms with Crippen LogP contribution in [0.1, 0.15) is 32.0 Å². The number of hydrogen-bond acceptors (Lipinski definition) is 4. The third-order valence-electron chi connectivity index (χ3n) is 6.22. The number of carbonyl (C=O) groups is 2. The minimum atomic E-state index is -0.325. The lowest BCUT2D eigenvalue weighted by Crippen LogP contribution is -2.23. The number of hydrogen-bond donors (Lipinski definition) is 4. The lowest BCUT2D eigenvalue weighted by Gasteiger charge is -2.14. The molecule has 1 aromatic heterocycles. The number of rotatable bonds is 9. The number of carbonyl (C=O) groups excluding carboxylic acids is 2. The van der Waals surface area contributed by atoms with Gasteiger partial charge in [0.1, 0.15) is 17.2 Å².